The largest absolute Gasteiger partial charge is 0.347 e. The van der Waals surface area contributed by atoms with Gasteiger partial charge < -0.3 is 4.90 Å². The van der Waals surface area contributed by atoms with Crippen molar-refractivity contribution in [2.75, 3.05) is 17.0 Å². The minimum Gasteiger partial charge on any atom is -0.347 e. The Balaban J connectivity index is 1.69. The molecule has 4 rings (SSSR count). The molecule has 0 aromatic heterocycles. The highest BCUT2D eigenvalue weighted by Gasteiger charge is 2.38. The second-order valence-electron chi connectivity index (χ2n) is 7.47. The van der Waals surface area contributed by atoms with Gasteiger partial charge in [-0.1, -0.05) is 50.2 Å². The third-order valence-electron chi connectivity index (χ3n) is 5.41. The molecule has 2 aromatic rings. The Morgan fingerprint density at radius 3 is 2.33 bits per heavy atom. The standard InChI is InChI=1S/C23H23N3O/c1-16-18(22(27)26(24-16)17-10-6-5-7-11-17)14-15-21-23(2,3)19-12-8-9-13-20(19)25(21)4/h5-15H,1-4H3/b18-14-,21-15-. The van der Waals surface area contributed by atoms with Gasteiger partial charge in [0, 0.05) is 23.8 Å². The van der Waals surface area contributed by atoms with Gasteiger partial charge in [-0.25, -0.2) is 0 Å². The molecule has 2 aromatic carbocycles. The van der Waals surface area contributed by atoms with Crippen LogP contribution in [0.1, 0.15) is 26.3 Å². The molecule has 0 saturated heterocycles. The number of nitrogens with zero attached hydrogens (tertiary/aromatic N) is 3. The van der Waals surface area contributed by atoms with Crippen molar-refractivity contribution in [2.45, 2.75) is 26.2 Å². The SMILES string of the molecule is CC1=NN(c2ccccc2)C(=O)/C1=C\C=C1/N(C)c2ccccc2C1(C)C. The van der Waals surface area contributed by atoms with Crippen LogP contribution in [0.2, 0.25) is 0 Å². The van der Waals surface area contributed by atoms with Crippen LogP contribution in [-0.4, -0.2) is 18.7 Å². The molecule has 2 aliphatic rings. The van der Waals surface area contributed by atoms with Crippen molar-refractivity contribution < 1.29 is 4.79 Å². The molecular formula is C23H23N3O. The number of hydrazone groups is 1. The molecule has 136 valence electrons. The van der Waals surface area contributed by atoms with Crippen LogP contribution in [0.25, 0.3) is 0 Å². The van der Waals surface area contributed by atoms with E-state index in [0.29, 0.717) is 5.57 Å². The van der Waals surface area contributed by atoms with Gasteiger partial charge in [-0.05, 0) is 42.8 Å². The molecule has 2 aliphatic heterocycles. The third kappa shape index (κ3) is 2.69. The molecule has 0 bridgehead atoms. The Labute approximate surface area is 160 Å². The van der Waals surface area contributed by atoms with Crippen LogP contribution < -0.4 is 9.91 Å². The van der Waals surface area contributed by atoms with Gasteiger partial charge in [-0.15, -0.1) is 0 Å². The zero-order valence-electron chi connectivity index (χ0n) is 16.1. The van der Waals surface area contributed by atoms with Crippen molar-refractivity contribution in [1.29, 1.82) is 0 Å². The van der Waals surface area contributed by atoms with Gasteiger partial charge in [0.25, 0.3) is 5.91 Å². The van der Waals surface area contributed by atoms with Crippen molar-refractivity contribution in [3.8, 4) is 0 Å². The third-order valence-corrected chi connectivity index (χ3v) is 5.41. The average Bonchev–Trinajstić information content (AvgIpc) is 3.06. The van der Waals surface area contributed by atoms with E-state index < -0.39 is 0 Å². The Morgan fingerprint density at radius 1 is 0.963 bits per heavy atom. The van der Waals surface area contributed by atoms with Gasteiger partial charge in [-0.3, -0.25) is 4.79 Å². The van der Waals surface area contributed by atoms with Crippen LogP contribution in [-0.2, 0) is 10.2 Å². The average molecular weight is 357 g/mol. The first kappa shape index (κ1) is 17.3. The van der Waals surface area contributed by atoms with E-state index >= 15 is 0 Å². The van der Waals surface area contributed by atoms with E-state index in [1.807, 2.05) is 43.3 Å². The fourth-order valence-electron chi connectivity index (χ4n) is 3.92. The Morgan fingerprint density at radius 2 is 1.63 bits per heavy atom. The maximum atomic E-state index is 12.9. The van der Waals surface area contributed by atoms with Crippen molar-refractivity contribution in [2.24, 2.45) is 5.10 Å². The van der Waals surface area contributed by atoms with E-state index in [1.165, 1.54) is 16.3 Å². The second kappa shape index (κ2) is 6.23. The summed E-state index contributed by atoms with van der Waals surface area (Å²) >= 11 is 0. The van der Waals surface area contributed by atoms with Gasteiger partial charge in [0.15, 0.2) is 0 Å². The molecule has 27 heavy (non-hydrogen) atoms. The van der Waals surface area contributed by atoms with E-state index in [1.54, 1.807) is 0 Å². The fourth-order valence-corrected chi connectivity index (χ4v) is 3.92. The van der Waals surface area contributed by atoms with Gasteiger partial charge in [0.1, 0.15) is 0 Å². The van der Waals surface area contributed by atoms with Gasteiger partial charge in [0.2, 0.25) is 0 Å². The summed E-state index contributed by atoms with van der Waals surface area (Å²) in [5, 5.41) is 5.92. The van der Waals surface area contributed by atoms with Crippen LogP contribution in [0.3, 0.4) is 0 Å². The summed E-state index contributed by atoms with van der Waals surface area (Å²) in [5.74, 6) is -0.0912. The number of fused-ring (bicyclic) bond motifs is 1. The molecule has 0 aliphatic carbocycles. The Kier molecular flexibility index (Phi) is 3.99. The highest BCUT2D eigenvalue weighted by molar-refractivity contribution is 6.29. The van der Waals surface area contributed by atoms with E-state index in [4.69, 9.17) is 0 Å². The topological polar surface area (TPSA) is 35.9 Å². The predicted octanol–water partition coefficient (Wildman–Crippen LogP) is 4.65. The number of carbonyl (C=O) groups is 1. The molecule has 0 unspecified atom stereocenters. The van der Waals surface area contributed by atoms with Crippen molar-refractivity contribution in [3.05, 3.63) is 83.6 Å². The van der Waals surface area contributed by atoms with Crippen LogP contribution in [0.15, 0.2) is 83.1 Å². The van der Waals surface area contributed by atoms with Crippen molar-refractivity contribution >= 4 is 23.0 Å². The zero-order valence-corrected chi connectivity index (χ0v) is 16.1. The quantitative estimate of drug-likeness (QED) is 0.734. The van der Waals surface area contributed by atoms with Crippen LogP contribution in [0, 0.1) is 0 Å². The molecule has 0 saturated carbocycles. The highest BCUT2D eigenvalue weighted by atomic mass is 16.2. The minimum atomic E-state index is -0.117. The lowest BCUT2D eigenvalue weighted by atomic mass is 9.83. The summed E-state index contributed by atoms with van der Waals surface area (Å²) in [6.07, 6.45) is 3.96. The lowest BCUT2D eigenvalue weighted by Crippen LogP contribution is -2.23. The lowest BCUT2D eigenvalue weighted by Gasteiger charge is -2.23. The maximum Gasteiger partial charge on any atom is 0.280 e. The summed E-state index contributed by atoms with van der Waals surface area (Å²) in [4.78, 5) is 15.1. The number of allylic oxidation sites excluding steroid dienone is 3. The zero-order chi connectivity index (χ0) is 19.2. The summed E-state index contributed by atoms with van der Waals surface area (Å²) in [6.45, 7) is 6.31. The summed E-state index contributed by atoms with van der Waals surface area (Å²) in [5.41, 5.74) is 5.70. The number of para-hydroxylation sites is 2. The van der Waals surface area contributed by atoms with Crippen LogP contribution in [0.4, 0.5) is 11.4 Å². The van der Waals surface area contributed by atoms with E-state index in [-0.39, 0.29) is 11.3 Å². The van der Waals surface area contributed by atoms with E-state index in [9.17, 15) is 4.79 Å². The fraction of sp³-hybridized carbons (Fsp3) is 0.217. The molecule has 1 amide bonds. The van der Waals surface area contributed by atoms with Crippen molar-refractivity contribution in [1.82, 2.24) is 0 Å². The van der Waals surface area contributed by atoms with Crippen molar-refractivity contribution in [3.63, 3.8) is 0 Å². The number of likely N-dealkylation sites (N-methyl/N-ethyl adjacent to an activating group) is 1. The number of hydrogen-bond acceptors (Lipinski definition) is 3. The van der Waals surface area contributed by atoms with Crippen LogP contribution in [0.5, 0.6) is 0 Å². The monoisotopic (exact) mass is 357 g/mol. The normalized spacial score (nSPS) is 21.2. The summed E-state index contributed by atoms with van der Waals surface area (Å²) in [6, 6.07) is 18.0. The number of carbonyl (C=O) groups excluding carboxylic acids is 1. The number of rotatable bonds is 2. The first-order valence-corrected chi connectivity index (χ1v) is 9.12. The number of anilines is 2. The molecule has 0 atom stereocenters. The molecule has 4 nitrogen and oxygen atoms in total. The molecule has 2 heterocycles. The highest BCUT2D eigenvalue weighted by Crippen LogP contribution is 2.46. The number of benzene rings is 2. The van der Waals surface area contributed by atoms with Crippen LogP contribution >= 0.6 is 0 Å². The summed E-state index contributed by atoms with van der Waals surface area (Å²) < 4.78 is 0. The first-order valence-electron chi connectivity index (χ1n) is 9.12. The molecule has 0 radical (unpaired) electrons. The van der Waals surface area contributed by atoms with E-state index in [0.717, 1.165) is 17.1 Å². The molecule has 0 fully saturated rings. The lowest BCUT2D eigenvalue weighted by molar-refractivity contribution is -0.114. The smallest absolute Gasteiger partial charge is 0.280 e. The molecule has 0 spiro atoms. The molecular weight excluding hydrogens is 334 g/mol. The minimum absolute atomic E-state index is 0.0912. The molecule has 4 heteroatoms. The van der Waals surface area contributed by atoms with Gasteiger partial charge in [-0.2, -0.15) is 10.1 Å². The predicted molar refractivity (Wildman–Crippen MR) is 111 cm³/mol. The molecule has 0 N–H and O–H groups in total. The number of amides is 1. The number of hydrogen-bond donors (Lipinski definition) is 0. The van der Waals surface area contributed by atoms with Gasteiger partial charge in [0.05, 0.1) is 17.0 Å². The Bertz CT molecular complexity index is 999. The van der Waals surface area contributed by atoms with Gasteiger partial charge >= 0.3 is 0 Å². The van der Waals surface area contributed by atoms with E-state index in [2.05, 4.69) is 61.2 Å². The second-order valence-corrected chi connectivity index (χ2v) is 7.47. The summed E-state index contributed by atoms with van der Waals surface area (Å²) in [7, 11) is 2.08. The maximum absolute atomic E-state index is 12.9. The Hall–Kier alpha value is -3.14. The first-order chi connectivity index (χ1) is 12.9.